The van der Waals surface area contributed by atoms with Crippen LogP contribution in [0.2, 0.25) is 0 Å². The maximum absolute atomic E-state index is 11.5. The molecule has 0 aliphatic heterocycles. The fourth-order valence-corrected chi connectivity index (χ4v) is 1.70. The number of methoxy groups -OCH3 is 1. The molecule has 5 heteroatoms. The van der Waals surface area contributed by atoms with Gasteiger partial charge in [0.2, 0.25) is 11.8 Å². The molecule has 20 heavy (non-hydrogen) atoms. The van der Waals surface area contributed by atoms with Crippen molar-refractivity contribution in [2.24, 2.45) is 0 Å². The quantitative estimate of drug-likeness (QED) is 0.551. The van der Waals surface area contributed by atoms with E-state index in [9.17, 15) is 9.59 Å². The van der Waals surface area contributed by atoms with Gasteiger partial charge in [0.15, 0.2) is 0 Å². The molecule has 108 valence electrons. The van der Waals surface area contributed by atoms with Gasteiger partial charge in [-0.25, -0.2) is 0 Å². The summed E-state index contributed by atoms with van der Waals surface area (Å²) in [5.74, 6) is 0.201. The zero-order valence-electron chi connectivity index (χ0n) is 11.6. The fourth-order valence-electron chi connectivity index (χ4n) is 1.70. The standard InChI is InChI=1S/C15H20N2O3/c1-3-9-16-14(18)11-15(19)17-10-8-12-6-4-5-7-13(12)20-2/h3-7H,1,8-11H2,2H3,(H,16,18)(H,17,19). The molecule has 2 N–H and O–H groups in total. The Hall–Kier alpha value is -2.30. The average Bonchev–Trinajstić information content (AvgIpc) is 2.45. The third-order valence-electron chi connectivity index (χ3n) is 2.67. The molecule has 0 aromatic heterocycles. The van der Waals surface area contributed by atoms with Crippen LogP contribution in [0.25, 0.3) is 0 Å². The lowest BCUT2D eigenvalue weighted by Crippen LogP contribution is -2.32. The first-order valence-corrected chi connectivity index (χ1v) is 6.43. The topological polar surface area (TPSA) is 67.4 Å². The molecule has 0 fully saturated rings. The van der Waals surface area contributed by atoms with Gasteiger partial charge in [-0.15, -0.1) is 6.58 Å². The molecule has 2 amide bonds. The molecule has 0 saturated heterocycles. The lowest BCUT2D eigenvalue weighted by molar-refractivity contribution is -0.129. The summed E-state index contributed by atoms with van der Waals surface area (Å²) in [5, 5.41) is 5.26. The Balaban J connectivity index is 2.31. The van der Waals surface area contributed by atoms with E-state index in [-0.39, 0.29) is 18.2 Å². The number of nitrogens with one attached hydrogen (secondary N) is 2. The fraction of sp³-hybridized carbons (Fsp3) is 0.333. The van der Waals surface area contributed by atoms with Crippen LogP contribution in [-0.2, 0) is 16.0 Å². The van der Waals surface area contributed by atoms with Gasteiger partial charge in [-0.05, 0) is 18.1 Å². The number of hydrogen-bond donors (Lipinski definition) is 2. The van der Waals surface area contributed by atoms with Crippen LogP contribution < -0.4 is 15.4 Å². The van der Waals surface area contributed by atoms with Crippen molar-refractivity contribution in [3.8, 4) is 5.75 Å². The highest BCUT2D eigenvalue weighted by molar-refractivity contribution is 5.96. The van der Waals surface area contributed by atoms with Crippen LogP contribution in [0.1, 0.15) is 12.0 Å². The van der Waals surface area contributed by atoms with Gasteiger partial charge >= 0.3 is 0 Å². The Morgan fingerprint density at radius 3 is 2.65 bits per heavy atom. The number of rotatable bonds is 8. The minimum absolute atomic E-state index is 0.167. The smallest absolute Gasteiger partial charge is 0.229 e. The van der Waals surface area contributed by atoms with Crippen LogP contribution in [0, 0.1) is 0 Å². The van der Waals surface area contributed by atoms with Crippen LogP contribution >= 0.6 is 0 Å². The first-order valence-electron chi connectivity index (χ1n) is 6.43. The average molecular weight is 276 g/mol. The van der Waals surface area contributed by atoms with Crippen molar-refractivity contribution < 1.29 is 14.3 Å². The lowest BCUT2D eigenvalue weighted by atomic mass is 10.1. The van der Waals surface area contributed by atoms with E-state index in [2.05, 4.69) is 17.2 Å². The Kier molecular flexibility index (Phi) is 6.89. The maximum Gasteiger partial charge on any atom is 0.229 e. The minimum Gasteiger partial charge on any atom is -0.496 e. The largest absolute Gasteiger partial charge is 0.496 e. The van der Waals surface area contributed by atoms with Crippen LogP contribution in [0.15, 0.2) is 36.9 Å². The second-order valence-corrected chi connectivity index (χ2v) is 4.18. The van der Waals surface area contributed by atoms with E-state index < -0.39 is 0 Å². The monoisotopic (exact) mass is 276 g/mol. The maximum atomic E-state index is 11.5. The van der Waals surface area contributed by atoms with E-state index in [0.29, 0.717) is 19.5 Å². The molecule has 0 unspecified atom stereocenters. The summed E-state index contributed by atoms with van der Waals surface area (Å²) in [6.45, 7) is 4.32. The second-order valence-electron chi connectivity index (χ2n) is 4.18. The van der Waals surface area contributed by atoms with E-state index in [4.69, 9.17) is 4.74 Å². The van der Waals surface area contributed by atoms with Crippen molar-refractivity contribution in [1.82, 2.24) is 10.6 Å². The predicted octanol–water partition coefficient (Wildman–Crippen LogP) is 1.05. The summed E-state index contributed by atoms with van der Waals surface area (Å²) in [4.78, 5) is 22.8. The number of carbonyl (C=O) groups is 2. The zero-order valence-corrected chi connectivity index (χ0v) is 11.6. The van der Waals surface area contributed by atoms with E-state index >= 15 is 0 Å². The summed E-state index contributed by atoms with van der Waals surface area (Å²) < 4.78 is 5.23. The van der Waals surface area contributed by atoms with Gasteiger partial charge in [0, 0.05) is 13.1 Å². The molecule has 0 radical (unpaired) electrons. The molecule has 1 aromatic rings. The number of para-hydroxylation sites is 1. The molecule has 1 rings (SSSR count). The lowest BCUT2D eigenvalue weighted by Gasteiger charge is -2.09. The van der Waals surface area contributed by atoms with Gasteiger partial charge in [0.25, 0.3) is 0 Å². The van der Waals surface area contributed by atoms with E-state index in [1.807, 2.05) is 24.3 Å². The van der Waals surface area contributed by atoms with Crippen LogP contribution in [0.4, 0.5) is 0 Å². The molecule has 0 spiro atoms. The first kappa shape index (κ1) is 15.8. The van der Waals surface area contributed by atoms with Gasteiger partial charge in [-0.3, -0.25) is 9.59 Å². The van der Waals surface area contributed by atoms with Crippen molar-refractivity contribution in [3.63, 3.8) is 0 Å². The van der Waals surface area contributed by atoms with Crippen molar-refractivity contribution in [2.75, 3.05) is 20.2 Å². The SMILES string of the molecule is C=CCNC(=O)CC(=O)NCCc1ccccc1OC. The van der Waals surface area contributed by atoms with Gasteiger partial charge < -0.3 is 15.4 Å². The zero-order chi connectivity index (χ0) is 14.8. The van der Waals surface area contributed by atoms with Crippen molar-refractivity contribution in [2.45, 2.75) is 12.8 Å². The number of carbonyl (C=O) groups excluding carboxylic acids is 2. The molecular weight excluding hydrogens is 256 g/mol. The van der Waals surface area contributed by atoms with Gasteiger partial charge in [0.1, 0.15) is 12.2 Å². The molecule has 5 nitrogen and oxygen atoms in total. The van der Waals surface area contributed by atoms with Gasteiger partial charge in [0.05, 0.1) is 7.11 Å². The molecule has 1 aromatic carbocycles. The summed E-state index contributed by atoms with van der Waals surface area (Å²) in [7, 11) is 1.61. The number of amides is 2. The van der Waals surface area contributed by atoms with Crippen LogP contribution in [0.5, 0.6) is 5.75 Å². The summed E-state index contributed by atoms with van der Waals surface area (Å²) in [6.07, 6.45) is 2.06. The molecule has 0 atom stereocenters. The normalized spacial score (nSPS) is 9.65. The Bertz CT molecular complexity index is 472. The first-order chi connectivity index (χ1) is 9.67. The van der Waals surface area contributed by atoms with Crippen molar-refractivity contribution in [1.29, 1.82) is 0 Å². The molecule has 0 aliphatic carbocycles. The molecule has 0 heterocycles. The second kappa shape index (κ2) is 8.74. The Labute approximate surface area is 119 Å². The number of ether oxygens (including phenoxy) is 1. The highest BCUT2D eigenvalue weighted by Crippen LogP contribution is 2.17. The number of benzene rings is 1. The van der Waals surface area contributed by atoms with Crippen LogP contribution in [-0.4, -0.2) is 32.0 Å². The third-order valence-corrected chi connectivity index (χ3v) is 2.67. The molecule has 0 saturated carbocycles. The highest BCUT2D eigenvalue weighted by Gasteiger charge is 2.08. The van der Waals surface area contributed by atoms with E-state index in [1.165, 1.54) is 0 Å². The Morgan fingerprint density at radius 2 is 1.95 bits per heavy atom. The molecule has 0 aliphatic rings. The molecule has 0 bridgehead atoms. The van der Waals surface area contributed by atoms with Gasteiger partial charge in [-0.1, -0.05) is 24.3 Å². The number of hydrogen-bond acceptors (Lipinski definition) is 3. The summed E-state index contributed by atoms with van der Waals surface area (Å²) in [6, 6.07) is 7.63. The summed E-state index contributed by atoms with van der Waals surface area (Å²) >= 11 is 0. The predicted molar refractivity (Wildman–Crippen MR) is 77.5 cm³/mol. The van der Waals surface area contributed by atoms with Crippen LogP contribution in [0.3, 0.4) is 0 Å². The molecular formula is C15H20N2O3. The third kappa shape index (κ3) is 5.56. The highest BCUT2D eigenvalue weighted by atomic mass is 16.5. The minimum atomic E-state index is -0.306. The van der Waals surface area contributed by atoms with E-state index in [0.717, 1.165) is 11.3 Å². The van der Waals surface area contributed by atoms with Crippen molar-refractivity contribution >= 4 is 11.8 Å². The van der Waals surface area contributed by atoms with E-state index in [1.54, 1.807) is 13.2 Å². The Morgan fingerprint density at radius 1 is 1.25 bits per heavy atom. The van der Waals surface area contributed by atoms with Crippen molar-refractivity contribution in [3.05, 3.63) is 42.5 Å². The summed E-state index contributed by atoms with van der Waals surface area (Å²) in [5.41, 5.74) is 1.02. The van der Waals surface area contributed by atoms with Gasteiger partial charge in [-0.2, -0.15) is 0 Å².